The molecule has 1 heterocycles. The highest BCUT2D eigenvalue weighted by Gasteiger charge is 2.17. The van der Waals surface area contributed by atoms with Crippen LogP contribution in [0.3, 0.4) is 0 Å². The summed E-state index contributed by atoms with van der Waals surface area (Å²) in [7, 11) is 0. The summed E-state index contributed by atoms with van der Waals surface area (Å²) >= 11 is 7.14. The highest BCUT2D eigenvalue weighted by Crippen LogP contribution is 2.25. The van der Waals surface area contributed by atoms with Crippen LogP contribution < -0.4 is 5.32 Å². The fourth-order valence-electron chi connectivity index (χ4n) is 2.26. The fraction of sp³-hybridized carbons (Fsp3) is 0.444. The van der Waals surface area contributed by atoms with Crippen molar-refractivity contribution in [3.63, 3.8) is 0 Å². The van der Waals surface area contributed by atoms with Gasteiger partial charge in [0.1, 0.15) is 0 Å². The van der Waals surface area contributed by atoms with Crippen molar-refractivity contribution in [2.24, 2.45) is 0 Å². The number of esters is 1. The van der Waals surface area contributed by atoms with E-state index in [-0.39, 0.29) is 23.8 Å². The standard InChI is InChI=1S/C18H23ClN4O3S/c1-5-23-16(12-6-8-13(19)9-7-12)21-22-17(23)27-11-15(25)26-10-14(24)20-18(2,3)4/h6-9H,5,10-11H2,1-4H3,(H,20,24). The number of aromatic nitrogens is 3. The molecule has 7 nitrogen and oxygen atoms in total. The van der Waals surface area contributed by atoms with Crippen LogP contribution in [0.15, 0.2) is 29.4 Å². The zero-order valence-corrected chi connectivity index (χ0v) is 17.4. The molecule has 0 aliphatic carbocycles. The van der Waals surface area contributed by atoms with Gasteiger partial charge in [-0.25, -0.2) is 0 Å². The molecule has 0 saturated heterocycles. The van der Waals surface area contributed by atoms with Crippen LogP contribution >= 0.6 is 23.4 Å². The molecular formula is C18H23ClN4O3S. The summed E-state index contributed by atoms with van der Waals surface area (Å²) in [6, 6.07) is 7.32. The quantitative estimate of drug-likeness (QED) is 0.557. The van der Waals surface area contributed by atoms with Crippen molar-refractivity contribution < 1.29 is 14.3 Å². The summed E-state index contributed by atoms with van der Waals surface area (Å²) < 4.78 is 6.92. The third kappa shape index (κ3) is 6.55. The molecule has 0 radical (unpaired) electrons. The average Bonchev–Trinajstić information content (AvgIpc) is 3.00. The number of ether oxygens (including phenoxy) is 1. The molecule has 1 aromatic carbocycles. The summed E-state index contributed by atoms with van der Waals surface area (Å²) in [6.07, 6.45) is 0. The third-order valence-electron chi connectivity index (χ3n) is 3.33. The Bertz CT molecular complexity index is 800. The first-order valence-electron chi connectivity index (χ1n) is 8.48. The molecule has 0 unspecified atom stereocenters. The number of rotatable bonds is 7. The molecule has 2 rings (SSSR count). The molecule has 2 aromatic rings. The predicted molar refractivity (Wildman–Crippen MR) is 106 cm³/mol. The Morgan fingerprint density at radius 3 is 2.48 bits per heavy atom. The summed E-state index contributed by atoms with van der Waals surface area (Å²) in [5.74, 6) is -0.0680. The van der Waals surface area contributed by atoms with Gasteiger partial charge >= 0.3 is 5.97 Å². The van der Waals surface area contributed by atoms with E-state index in [0.29, 0.717) is 22.5 Å². The van der Waals surface area contributed by atoms with E-state index in [1.165, 1.54) is 11.8 Å². The molecular weight excluding hydrogens is 388 g/mol. The molecule has 0 spiro atoms. The summed E-state index contributed by atoms with van der Waals surface area (Å²) in [6.45, 7) is 7.90. The molecule has 0 bridgehead atoms. The van der Waals surface area contributed by atoms with E-state index in [1.54, 1.807) is 12.1 Å². The van der Waals surface area contributed by atoms with Gasteiger partial charge in [-0.1, -0.05) is 23.4 Å². The number of thioether (sulfide) groups is 1. The highest BCUT2D eigenvalue weighted by atomic mass is 35.5. The Morgan fingerprint density at radius 1 is 1.22 bits per heavy atom. The van der Waals surface area contributed by atoms with Crippen LogP contribution in [0, 0.1) is 0 Å². The largest absolute Gasteiger partial charge is 0.455 e. The average molecular weight is 411 g/mol. The van der Waals surface area contributed by atoms with E-state index in [2.05, 4.69) is 15.5 Å². The Hall–Kier alpha value is -2.06. The van der Waals surface area contributed by atoms with Gasteiger partial charge in [0, 0.05) is 22.7 Å². The van der Waals surface area contributed by atoms with E-state index < -0.39 is 5.97 Å². The van der Waals surface area contributed by atoms with Crippen LogP contribution in [0.2, 0.25) is 5.02 Å². The number of nitrogens with zero attached hydrogens (tertiary/aromatic N) is 3. The predicted octanol–water partition coefficient (Wildman–Crippen LogP) is 3.17. The van der Waals surface area contributed by atoms with Crippen molar-refractivity contribution in [1.29, 1.82) is 0 Å². The van der Waals surface area contributed by atoms with E-state index in [9.17, 15) is 9.59 Å². The molecule has 1 aromatic heterocycles. The first-order valence-corrected chi connectivity index (χ1v) is 9.84. The topological polar surface area (TPSA) is 86.1 Å². The smallest absolute Gasteiger partial charge is 0.316 e. The van der Waals surface area contributed by atoms with Crippen molar-refractivity contribution in [2.75, 3.05) is 12.4 Å². The Balaban J connectivity index is 1.93. The molecule has 9 heteroatoms. The van der Waals surface area contributed by atoms with Gasteiger partial charge in [-0.3, -0.25) is 9.59 Å². The van der Waals surface area contributed by atoms with Crippen molar-refractivity contribution in [3.05, 3.63) is 29.3 Å². The minimum absolute atomic E-state index is 0.0432. The van der Waals surface area contributed by atoms with Crippen LogP contribution in [-0.2, 0) is 20.9 Å². The van der Waals surface area contributed by atoms with Crippen LogP contribution in [-0.4, -0.2) is 44.5 Å². The summed E-state index contributed by atoms with van der Waals surface area (Å²) in [4.78, 5) is 23.6. The van der Waals surface area contributed by atoms with Gasteiger partial charge in [-0.2, -0.15) is 0 Å². The number of nitrogens with one attached hydrogen (secondary N) is 1. The van der Waals surface area contributed by atoms with Crippen LogP contribution in [0.1, 0.15) is 27.7 Å². The molecule has 27 heavy (non-hydrogen) atoms. The zero-order chi connectivity index (χ0) is 20.0. The van der Waals surface area contributed by atoms with Gasteiger partial charge in [0.25, 0.3) is 5.91 Å². The molecule has 0 fully saturated rings. The number of halogens is 1. The number of carbonyl (C=O) groups is 2. The fourth-order valence-corrected chi connectivity index (χ4v) is 3.18. The normalized spacial score (nSPS) is 11.3. The van der Waals surface area contributed by atoms with Crippen molar-refractivity contribution >= 4 is 35.2 Å². The van der Waals surface area contributed by atoms with E-state index in [1.807, 2.05) is 44.4 Å². The minimum atomic E-state index is -0.484. The van der Waals surface area contributed by atoms with Gasteiger partial charge in [0.2, 0.25) is 0 Å². The number of amides is 1. The molecule has 0 atom stereocenters. The molecule has 0 aliphatic heterocycles. The lowest BCUT2D eigenvalue weighted by Gasteiger charge is -2.20. The monoisotopic (exact) mass is 410 g/mol. The van der Waals surface area contributed by atoms with Gasteiger partial charge in [-0.05, 0) is 52.0 Å². The van der Waals surface area contributed by atoms with Gasteiger partial charge in [0.05, 0.1) is 5.75 Å². The minimum Gasteiger partial charge on any atom is -0.455 e. The van der Waals surface area contributed by atoms with E-state index in [0.717, 1.165) is 5.56 Å². The van der Waals surface area contributed by atoms with E-state index in [4.69, 9.17) is 16.3 Å². The number of benzene rings is 1. The summed E-state index contributed by atoms with van der Waals surface area (Å²) in [5.41, 5.74) is 0.524. The summed E-state index contributed by atoms with van der Waals surface area (Å²) in [5, 5.41) is 12.4. The maximum Gasteiger partial charge on any atom is 0.316 e. The third-order valence-corrected chi connectivity index (χ3v) is 4.53. The molecule has 0 saturated carbocycles. The van der Waals surface area contributed by atoms with Crippen molar-refractivity contribution in [2.45, 2.75) is 44.9 Å². The molecule has 1 N–H and O–H groups in total. The van der Waals surface area contributed by atoms with Gasteiger partial charge in [-0.15, -0.1) is 10.2 Å². The van der Waals surface area contributed by atoms with Crippen molar-refractivity contribution in [1.82, 2.24) is 20.1 Å². The number of carbonyl (C=O) groups excluding carboxylic acids is 2. The second kappa shape index (κ2) is 9.23. The number of hydrogen-bond donors (Lipinski definition) is 1. The molecule has 1 amide bonds. The van der Waals surface area contributed by atoms with Crippen LogP contribution in [0.4, 0.5) is 0 Å². The van der Waals surface area contributed by atoms with Crippen LogP contribution in [0.5, 0.6) is 0 Å². The van der Waals surface area contributed by atoms with E-state index >= 15 is 0 Å². The molecule has 0 aliphatic rings. The SMILES string of the molecule is CCn1c(SCC(=O)OCC(=O)NC(C)(C)C)nnc1-c1ccc(Cl)cc1. The highest BCUT2D eigenvalue weighted by molar-refractivity contribution is 7.99. The zero-order valence-electron chi connectivity index (χ0n) is 15.8. The Kier molecular flexibility index (Phi) is 7.26. The lowest BCUT2D eigenvalue weighted by Crippen LogP contribution is -2.42. The van der Waals surface area contributed by atoms with Gasteiger partial charge in [0.15, 0.2) is 17.6 Å². The lowest BCUT2D eigenvalue weighted by atomic mass is 10.1. The maximum absolute atomic E-state index is 11.9. The molecule has 146 valence electrons. The van der Waals surface area contributed by atoms with Crippen molar-refractivity contribution in [3.8, 4) is 11.4 Å². The Morgan fingerprint density at radius 2 is 1.89 bits per heavy atom. The number of hydrogen-bond acceptors (Lipinski definition) is 6. The maximum atomic E-state index is 11.9. The lowest BCUT2D eigenvalue weighted by molar-refractivity contribution is -0.146. The van der Waals surface area contributed by atoms with Gasteiger partial charge < -0.3 is 14.6 Å². The first-order chi connectivity index (χ1) is 12.7. The first kappa shape index (κ1) is 21.2. The second-order valence-electron chi connectivity index (χ2n) is 6.80. The second-order valence-corrected chi connectivity index (χ2v) is 8.18. The van der Waals surface area contributed by atoms with Crippen LogP contribution in [0.25, 0.3) is 11.4 Å². The Labute approximate surface area is 167 Å².